The number of carbonyl (C=O) groups is 1. The molecule has 2 aliphatic rings. The van der Waals surface area contributed by atoms with Gasteiger partial charge in [-0.15, -0.1) is 0 Å². The van der Waals surface area contributed by atoms with Gasteiger partial charge in [-0.25, -0.2) is 4.98 Å². The summed E-state index contributed by atoms with van der Waals surface area (Å²) in [4.78, 5) is 20.0. The normalized spacial score (nSPS) is 20.0. The van der Waals surface area contributed by atoms with Gasteiger partial charge in [-0.3, -0.25) is 4.79 Å². The highest BCUT2D eigenvalue weighted by molar-refractivity contribution is 6.36. The van der Waals surface area contributed by atoms with Gasteiger partial charge in [-0.2, -0.15) is 18.2 Å². The van der Waals surface area contributed by atoms with Crippen molar-refractivity contribution in [3.63, 3.8) is 0 Å². The van der Waals surface area contributed by atoms with Gasteiger partial charge < -0.3 is 29.7 Å². The monoisotopic (exact) mass is 753 g/mol. The van der Waals surface area contributed by atoms with E-state index in [9.17, 15) is 23.1 Å². The quantitative estimate of drug-likeness (QED) is 0.116. The first-order chi connectivity index (χ1) is 25.2. The van der Waals surface area contributed by atoms with Crippen molar-refractivity contribution in [3.05, 3.63) is 87.4 Å². The molecular formula is C40H43ClF3N3O6. The molecule has 2 aromatic heterocycles. The summed E-state index contributed by atoms with van der Waals surface area (Å²) in [7, 11) is 2.90. The molecule has 4 aromatic rings. The first-order valence-corrected chi connectivity index (χ1v) is 18.0. The predicted octanol–water partition coefficient (Wildman–Crippen LogP) is 8.61. The summed E-state index contributed by atoms with van der Waals surface area (Å²) >= 11 is 7.10. The number of rotatable bonds is 14. The van der Waals surface area contributed by atoms with E-state index in [1.807, 2.05) is 55.5 Å². The molecule has 0 bridgehead atoms. The lowest BCUT2D eigenvalue weighted by molar-refractivity contribution is -0.140. The summed E-state index contributed by atoms with van der Waals surface area (Å²) in [6.07, 6.45) is -2.70. The number of alkyl halides is 3. The number of benzene rings is 2. The minimum absolute atomic E-state index is 0.00763. The van der Waals surface area contributed by atoms with E-state index in [0.29, 0.717) is 60.8 Å². The van der Waals surface area contributed by atoms with E-state index in [1.54, 1.807) is 14.0 Å². The first kappa shape index (κ1) is 38.3. The maximum Gasteiger partial charge on any atom is 0.421 e. The number of hydrogen-bond acceptors (Lipinski definition) is 8. The smallest absolute Gasteiger partial charge is 0.421 e. The number of methoxy groups -OCH3 is 2. The fourth-order valence-electron chi connectivity index (χ4n) is 7.37. The Morgan fingerprint density at radius 3 is 2.36 bits per heavy atom. The molecule has 9 nitrogen and oxygen atoms in total. The van der Waals surface area contributed by atoms with Gasteiger partial charge >= 0.3 is 12.1 Å². The van der Waals surface area contributed by atoms with E-state index >= 15 is 0 Å². The average molecular weight is 754 g/mol. The minimum atomic E-state index is -4.75. The lowest BCUT2D eigenvalue weighted by Gasteiger charge is -2.41. The third-order valence-corrected chi connectivity index (χ3v) is 10.5. The van der Waals surface area contributed by atoms with Gasteiger partial charge in [0.05, 0.1) is 30.5 Å². The number of nitrogens with zero attached hydrogens (tertiary/aromatic N) is 2. The van der Waals surface area contributed by atoms with Crippen LogP contribution in [0.25, 0.3) is 22.4 Å². The number of halogens is 4. The molecule has 13 heteroatoms. The van der Waals surface area contributed by atoms with Crippen molar-refractivity contribution in [1.82, 2.24) is 15.3 Å². The number of fused-ring (bicyclic) bond motifs is 1. The molecule has 1 saturated carbocycles. The van der Waals surface area contributed by atoms with Gasteiger partial charge in [-0.1, -0.05) is 61.0 Å². The summed E-state index contributed by atoms with van der Waals surface area (Å²) in [5, 5.41) is 23.1. The zero-order valence-corrected chi connectivity index (χ0v) is 30.8. The van der Waals surface area contributed by atoms with Crippen LogP contribution in [-0.2, 0) is 30.4 Å². The SMILES string of the molecule is COc1nc(-c2cccc(-c3cccc4c3CC[C@@H]4Oc3nc(OC)c(CC[C@H](C)CC(=O)O)cc3C(F)(F)F)c2Cl)ccc1CNC1CC(C)(O)C1. The molecule has 0 amide bonds. The van der Waals surface area contributed by atoms with Crippen LogP contribution in [0.15, 0.2) is 54.6 Å². The number of ether oxygens (including phenoxy) is 3. The lowest BCUT2D eigenvalue weighted by Crippen LogP contribution is -2.51. The van der Waals surface area contributed by atoms with Gasteiger partial charge in [0, 0.05) is 41.3 Å². The van der Waals surface area contributed by atoms with Crippen molar-refractivity contribution in [1.29, 1.82) is 0 Å². The molecule has 0 aliphatic heterocycles. The number of aromatic nitrogens is 2. The van der Waals surface area contributed by atoms with Crippen molar-refractivity contribution in [2.24, 2.45) is 5.92 Å². The molecule has 53 heavy (non-hydrogen) atoms. The fourth-order valence-corrected chi connectivity index (χ4v) is 7.69. The van der Waals surface area contributed by atoms with Gasteiger partial charge in [0.1, 0.15) is 11.7 Å². The second-order valence-electron chi connectivity index (χ2n) is 14.3. The van der Waals surface area contributed by atoms with Crippen LogP contribution in [0.5, 0.6) is 17.6 Å². The van der Waals surface area contributed by atoms with Gasteiger partial charge in [0.2, 0.25) is 17.6 Å². The molecule has 282 valence electrons. The van der Waals surface area contributed by atoms with Crippen molar-refractivity contribution in [2.75, 3.05) is 14.2 Å². The molecule has 0 spiro atoms. The Balaban J connectivity index is 1.25. The van der Waals surface area contributed by atoms with Crippen LogP contribution in [-0.4, -0.2) is 52.0 Å². The largest absolute Gasteiger partial charge is 0.481 e. The molecule has 3 N–H and O–H groups in total. The van der Waals surface area contributed by atoms with Crippen molar-refractivity contribution < 1.29 is 42.4 Å². The maximum atomic E-state index is 14.4. The summed E-state index contributed by atoms with van der Waals surface area (Å²) in [6, 6.07) is 16.4. The van der Waals surface area contributed by atoms with Crippen LogP contribution in [0.2, 0.25) is 5.02 Å². The molecular weight excluding hydrogens is 711 g/mol. The Morgan fingerprint density at radius 2 is 1.68 bits per heavy atom. The Morgan fingerprint density at radius 1 is 1.00 bits per heavy atom. The topological polar surface area (TPSA) is 123 Å². The number of aliphatic carboxylic acids is 1. The molecule has 0 unspecified atom stereocenters. The lowest BCUT2D eigenvalue weighted by atomic mass is 9.77. The van der Waals surface area contributed by atoms with Crippen molar-refractivity contribution in [2.45, 2.75) is 89.3 Å². The van der Waals surface area contributed by atoms with Crippen molar-refractivity contribution in [3.8, 4) is 40.0 Å². The summed E-state index contributed by atoms with van der Waals surface area (Å²) in [5.41, 5.74) is 4.05. The number of carboxylic acids is 1. The zero-order chi connectivity index (χ0) is 38.1. The molecule has 1 fully saturated rings. The Bertz CT molecular complexity index is 1980. The second-order valence-corrected chi connectivity index (χ2v) is 14.7. The number of pyridine rings is 2. The highest BCUT2D eigenvalue weighted by Gasteiger charge is 2.39. The molecule has 2 atom stereocenters. The predicted molar refractivity (Wildman–Crippen MR) is 194 cm³/mol. The van der Waals surface area contributed by atoms with Crippen LogP contribution in [0.1, 0.15) is 79.9 Å². The Hall–Kier alpha value is -4.39. The highest BCUT2D eigenvalue weighted by Crippen LogP contribution is 2.46. The van der Waals surface area contributed by atoms with Crippen LogP contribution in [0.4, 0.5) is 13.2 Å². The summed E-state index contributed by atoms with van der Waals surface area (Å²) in [5.74, 6) is -1.31. The van der Waals surface area contributed by atoms with E-state index < -0.39 is 35.3 Å². The maximum absolute atomic E-state index is 14.4. The number of carboxylic acid groups (broad SMARTS) is 1. The molecule has 6 rings (SSSR count). The average Bonchev–Trinajstić information content (AvgIpc) is 3.51. The highest BCUT2D eigenvalue weighted by atomic mass is 35.5. The van der Waals surface area contributed by atoms with Crippen LogP contribution < -0.4 is 19.5 Å². The minimum Gasteiger partial charge on any atom is -0.481 e. The van der Waals surface area contributed by atoms with E-state index in [4.69, 9.17) is 35.9 Å². The van der Waals surface area contributed by atoms with Gasteiger partial charge in [-0.05, 0) is 80.2 Å². The van der Waals surface area contributed by atoms with Crippen LogP contribution >= 0.6 is 11.6 Å². The van der Waals surface area contributed by atoms with Gasteiger partial charge in [0.25, 0.3) is 0 Å². The third kappa shape index (κ3) is 8.55. The summed E-state index contributed by atoms with van der Waals surface area (Å²) < 4.78 is 60.3. The molecule has 0 radical (unpaired) electrons. The van der Waals surface area contributed by atoms with Gasteiger partial charge in [0.15, 0.2) is 0 Å². The first-order valence-electron chi connectivity index (χ1n) is 17.6. The van der Waals surface area contributed by atoms with Crippen molar-refractivity contribution >= 4 is 17.6 Å². The van der Waals surface area contributed by atoms with E-state index in [1.165, 1.54) is 7.11 Å². The van der Waals surface area contributed by atoms with E-state index in [0.717, 1.165) is 33.9 Å². The number of aryl methyl sites for hydroxylation is 1. The Labute approximate surface area is 311 Å². The fraction of sp³-hybridized carbons (Fsp3) is 0.425. The van der Waals surface area contributed by atoms with Crippen LogP contribution in [0, 0.1) is 5.92 Å². The Kier molecular flexibility index (Phi) is 11.2. The van der Waals surface area contributed by atoms with E-state index in [2.05, 4.69) is 10.3 Å². The standard InChI is InChI=1S/C40H43ClF3N3O6/c1-22(17-34(48)49)11-12-23-18-31(40(42,43)44)38(47-36(23)51-3)53-33-16-14-27-26(7-5-8-28(27)33)29-9-6-10-30(35(29)41)32-15-13-24(37(46-32)52-4)21-45-25-19-39(2,50)20-25/h5-10,13,15,18,22,25,33,45,50H,11-12,14,16-17,19-21H2,1-4H3,(H,48,49)/t22-,25?,33-,39?/m0/s1. The zero-order valence-electron chi connectivity index (χ0n) is 30.0. The number of nitrogens with one attached hydrogen (secondary N) is 1. The molecule has 2 aliphatic carbocycles. The molecule has 2 aromatic carbocycles. The molecule has 2 heterocycles. The third-order valence-electron chi connectivity index (χ3n) is 10.1. The van der Waals surface area contributed by atoms with E-state index in [-0.39, 0.29) is 36.2 Å². The second kappa shape index (κ2) is 15.5. The summed E-state index contributed by atoms with van der Waals surface area (Å²) in [6.45, 7) is 4.10. The molecule has 0 saturated heterocycles. The van der Waals surface area contributed by atoms with Crippen LogP contribution in [0.3, 0.4) is 0 Å². The number of hydrogen-bond donors (Lipinski definition) is 3. The number of aliphatic hydroxyl groups is 1.